The lowest BCUT2D eigenvalue weighted by Gasteiger charge is -2.07. The van der Waals surface area contributed by atoms with E-state index < -0.39 is 0 Å². The zero-order chi connectivity index (χ0) is 21.1. The molecule has 0 aliphatic heterocycles. The summed E-state index contributed by atoms with van der Waals surface area (Å²) in [6.45, 7) is 3.85. The number of aromatic nitrogens is 2. The third-order valence-electron chi connectivity index (χ3n) is 5.57. The van der Waals surface area contributed by atoms with Crippen LogP contribution in [0.15, 0.2) is 36.4 Å². The van der Waals surface area contributed by atoms with Gasteiger partial charge in [-0.05, 0) is 63.3 Å². The number of benzene rings is 1. The third kappa shape index (κ3) is 4.31. The molecule has 0 unspecified atom stereocenters. The summed E-state index contributed by atoms with van der Waals surface area (Å²) in [5.41, 5.74) is 9.96. The fourth-order valence-corrected chi connectivity index (χ4v) is 5.07. The molecule has 2 heterocycles. The molecule has 3 aromatic rings. The molecule has 2 amide bonds. The molecule has 30 heavy (non-hydrogen) atoms. The molecule has 1 aromatic carbocycles. The quantitative estimate of drug-likeness (QED) is 0.496. The highest BCUT2D eigenvalue weighted by Crippen LogP contribution is 2.28. The monoisotopic (exact) mass is 422 g/mol. The summed E-state index contributed by atoms with van der Waals surface area (Å²) in [6, 6.07) is 11.8. The van der Waals surface area contributed by atoms with Gasteiger partial charge in [0.05, 0.1) is 22.7 Å². The zero-order valence-electron chi connectivity index (χ0n) is 17.3. The van der Waals surface area contributed by atoms with Gasteiger partial charge >= 0.3 is 0 Å². The Kier molecular flexibility index (Phi) is 5.99. The summed E-state index contributed by atoms with van der Waals surface area (Å²) in [4.78, 5) is 26.9. The van der Waals surface area contributed by atoms with Gasteiger partial charge in [-0.2, -0.15) is 5.10 Å². The minimum atomic E-state index is -0.264. The topological polar surface area (TPSA) is 76.0 Å². The maximum Gasteiger partial charge on any atom is 0.279 e. The number of hydrogen-bond acceptors (Lipinski definition) is 4. The van der Waals surface area contributed by atoms with Crippen LogP contribution in [0.3, 0.4) is 0 Å². The maximum atomic E-state index is 12.5. The van der Waals surface area contributed by atoms with E-state index in [0.29, 0.717) is 4.88 Å². The number of hydrazine groups is 1. The van der Waals surface area contributed by atoms with Gasteiger partial charge in [-0.15, -0.1) is 11.3 Å². The van der Waals surface area contributed by atoms with Crippen molar-refractivity contribution >= 4 is 23.2 Å². The highest BCUT2D eigenvalue weighted by Gasteiger charge is 2.19. The van der Waals surface area contributed by atoms with Crippen molar-refractivity contribution in [3.8, 4) is 5.69 Å². The maximum absolute atomic E-state index is 12.5. The Labute approximate surface area is 180 Å². The normalized spacial score (nSPS) is 13.4. The first-order chi connectivity index (χ1) is 14.5. The molecule has 0 radical (unpaired) electrons. The summed E-state index contributed by atoms with van der Waals surface area (Å²) in [6.07, 6.45) is 5.85. The van der Waals surface area contributed by atoms with Crippen LogP contribution in [-0.2, 0) is 24.1 Å². The van der Waals surface area contributed by atoms with Crippen LogP contribution in [0.4, 0.5) is 0 Å². The molecule has 156 valence electrons. The average molecular weight is 423 g/mol. The van der Waals surface area contributed by atoms with Gasteiger partial charge in [0, 0.05) is 16.1 Å². The highest BCUT2D eigenvalue weighted by molar-refractivity contribution is 7.14. The van der Waals surface area contributed by atoms with Crippen molar-refractivity contribution in [2.24, 2.45) is 0 Å². The molecule has 6 nitrogen and oxygen atoms in total. The second-order valence-corrected chi connectivity index (χ2v) is 8.83. The molecular formula is C23H26N4O2S. The molecule has 4 rings (SSSR count). The van der Waals surface area contributed by atoms with Gasteiger partial charge in [0.15, 0.2) is 0 Å². The second kappa shape index (κ2) is 8.83. The molecular weight excluding hydrogens is 396 g/mol. The second-order valence-electron chi connectivity index (χ2n) is 7.70. The number of thiophene rings is 1. The lowest BCUT2D eigenvalue weighted by atomic mass is 10.1. The number of para-hydroxylation sites is 1. The van der Waals surface area contributed by atoms with Crippen LogP contribution >= 0.6 is 11.3 Å². The predicted molar refractivity (Wildman–Crippen MR) is 118 cm³/mol. The van der Waals surface area contributed by atoms with E-state index in [0.717, 1.165) is 35.5 Å². The van der Waals surface area contributed by atoms with Crippen LogP contribution in [-0.4, -0.2) is 21.6 Å². The highest BCUT2D eigenvalue weighted by atomic mass is 32.1. The first-order valence-corrected chi connectivity index (χ1v) is 11.2. The number of rotatable bonds is 4. The number of aryl methyl sites for hydroxylation is 3. The number of carbonyl (C=O) groups is 2. The van der Waals surface area contributed by atoms with Crippen molar-refractivity contribution < 1.29 is 9.59 Å². The zero-order valence-corrected chi connectivity index (χ0v) is 18.1. The Hall–Kier alpha value is -2.93. The Morgan fingerprint density at radius 2 is 1.83 bits per heavy atom. The number of fused-ring (bicyclic) bond motifs is 1. The molecule has 1 aliphatic rings. The molecule has 0 bridgehead atoms. The molecule has 1 aliphatic carbocycles. The van der Waals surface area contributed by atoms with Crippen LogP contribution in [0.5, 0.6) is 0 Å². The number of carbonyl (C=O) groups excluding carboxylic acids is 2. The lowest BCUT2D eigenvalue weighted by Crippen LogP contribution is -2.42. The SMILES string of the molecule is Cc1nn(-c2ccccc2)c(C)c1CC(=O)NNC(=O)c1cc2c(s1)CCCCC2. The van der Waals surface area contributed by atoms with Gasteiger partial charge in [-0.3, -0.25) is 20.4 Å². The van der Waals surface area contributed by atoms with Gasteiger partial charge in [0.25, 0.3) is 5.91 Å². The van der Waals surface area contributed by atoms with Gasteiger partial charge in [-0.1, -0.05) is 24.6 Å². The van der Waals surface area contributed by atoms with Crippen LogP contribution in [0.1, 0.15) is 56.3 Å². The standard InChI is InChI=1S/C23H26N4O2S/c1-15-19(16(2)27(26-15)18-10-6-4-7-11-18)14-22(28)24-25-23(29)21-13-17-9-5-3-8-12-20(17)30-21/h4,6-7,10-11,13H,3,5,8-9,12,14H2,1-2H3,(H,24,28)(H,25,29). The minimum absolute atomic E-state index is 0.158. The van der Waals surface area contributed by atoms with Crippen molar-refractivity contribution in [2.75, 3.05) is 0 Å². The van der Waals surface area contributed by atoms with Crippen molar-refractivity contribution in [2.45, 2.75) is 52.4 Å². The summed E-state index contributed by atoms with van der Waals surface area (Å²) >= 11 is 1.54. The predicted octanol–water partition coefficient (Wildman–Crippen LogP) is 3.82. The van der Waals surface area contributed by atoms with Crippen LogP contribution in [0.25, 0.3) is 5.69 Å². The Morgan fingerprint density at radius 1 is 1.07 bits per heavy atom. The van der Waals surface area contributed by atoms with Crippen molar-refractivity contribution in [1.82, 2.24) is 20.6 Å². The van der Waals surface area contributed by atoms with E-state index in [1.807, 2.05) is 54.9 Å². The van der Waals surface area contributed by atoms with Gasteiger partial charge < -0.3 is 0 Å². The van der Waals surface area contributed by atoms with Crippen molar-refractivity contribution in [3.05, 3.63) is 68.7 Å². The number of amides is 2. The van der Waals surface area contributed by atoms with E-state index in [2.05, 4.69) is 16.0 Å². The number of hydrogen-bond donors (Lipinski definition) is 2. The first kappa shape index (κ1) is 20.3. The first-order valence-electron chi connectivity index (χ1n) is 10.3. The molecule has 7 heteroatoms. The molecule has 2 aromatic heterocycles. The van der Waals surface area contributed by atoms with E-state index in [9.17, 15) is 9.59 Å². The van der Waals surface area contributed by atoms with E-state index in [1.165, 1.54) is 29.7 Å². The summed E-state index contributed by atoms with van der Waals surface area (Å²) in [7, 11) is 0. The van der Waals surface area contributed by atoms with E-state index in [-0.39, 0.29) is 18.2 Å². The Morgan fingerprint density at radius 3 is 2.63 bits per heavy atom. The minimum Gasteiger partial charge on any atom is -0.273 e. The summed E-state index contributed by atoms with van der Waals surface area (Å²) < 4.78 is 1.84. The van der Waals surface area contributed by atoms with E-state index >= 15 is 0 Å². The largest absolute Gasteiger partial charge is 0.279 e. The molecule has 0 spiro atoms. The van der Waals surface area contributed by atoms with Gasteiger partial charge in [0.2, 0.25) is 5.91 Å². The van der Waals surface area contributed by atoms with Crippen LogP contribution < -0.4 is 10.9 Å². The van der Waals surface area contributed by atoms with E-state index in [1.54, 1.807) is 11.3 Å². The molecule has 0 saturated carbocycles. The fraction of sp³-hybridized carbons (Fsp3) is 0.348. The lowest BCUT2D eigenvalue weighted by molar-refractivity contribution is -0.121. The molecule has 0 atom stereocenters. The Bertz CT molecular complexity index is 1050. The summed E-state index contributed by atoms with van der Waals surface area (Å²) in [5.74, 6) is -0.518. The molecule has 2 N–H and O–H groups in total. The summed E-state index contributed by atoms with van der Waals surface area (Å²) in [5, 5.41) is 4.57. The number of nitrogens with one attached hydrogen (secondary N) is 2. The fourth-order valence-electron chi connectivity index (χ4n) is 3.92. The van der Waals surface area contributed by atoms with Crippen molar-refractivity contribution in [3.63, 3.8) is 0 Å². The van der Waals surface area contributed by atoms with E-state index in [4.69, 9.17) is 0 Å². The van der Waals surface area contributed by atoms with Crippen LogP contribution in [0, 0.1) is 13.8 Å². The smallest absolute Gasteiger partial charge is 0.273 e. The Balaban J connectivity index is 1.38. The van der Waals surface area contributed by atoms with Gasteiger partial charge in [0.1, 0.15) is 0 Å². The van der Waals surface area contributed by atoms with Crippen LogP contribution in [0.2, 0.25) is 0 Å². The van der Waals surface area contributed by atoms with Gasteiger partial charge in [-0.25, -0.2) is 4.68 Å². The molecule has 0 fully saturated rings. The average Bonchev–Trinajstić information content (AvgIpc) is 3.19. The van der Waals surface area contributed by atoms with Crippen molar-refractivity contribution in [1.29, 1.82) is 0 Å². The third-order valence-corrected chi connectivity index (χ3v) is 6.80. The molecule has 0 saturated heterocycles. The number of nitrogens with zero attached hydrogens (tertiary/aromatic N) is 2.